The lowest BCUT2D eigenvalue weighted by molar-refractivity contribution is 0.598. The lowest BCUT2D eigenvalue weighted by Crippen LogP contribution is -2.16. The minimum absolute atomic E-state index is 0.127. The van der Waals surface area contributed by atoms with Gasteiger partial charge < -0.3 is 5.32 Å². The van der Waals surface area contributed by atoms with E-state index in [0.29, 0.717) is 28.9 Å². The van der Waals surface area contributed by atoms with E-state index in [9.17, 15) is 8.42 Å². The maximum Gasteiger partial charge on any atom is 0.232 e. The number of anilines is 3. The van der Waals surface area contributed by atoms with Crippen LogP contribution >= 0.6 is 11.6 Å². The van der Waals surface area contributed by atoms with Crippen LogP contribution < -0.4 is 10.0 Å². The van der Waals surface area contributed by atoms with Crippen LogP contribution in [0.25, 0.3) is 0 Å². The average Bonchev–Trinajstić information content (AvgIpc) is 2.46. The van der Waals surface area contributed by atoms with Crippen molar-refractivity contribution in [3.05, 3.63) is 41.3 Å². The van der Waals surface area contributed by atoms with E-state index in [1.165, 1.54) is 0 Å². The molecule has 6 nitrogen and oxygen atoms in total. The normalized spacial score (nSPS) is 11.3. The molecule has 1 aromatic carbocycles. The van der Waals surface area contributed by atoms with Gasteiger partial charge in [0.2, 0.25) is 10.0 Å². The van der Waals surface area contributed by atoms with E-state index >= 15 is 0 Å². The van der Waals surface area contributed by atoms with Crippen LogP contribution in [0, 0.1) is 6.92 Å². The topological polar surface area (TPSA) is 84.0 Å². The molecule has 0 fully saturated rings. The minimum atomic E-state index is -3.29. The Balaban J connectivity index is 2.04. The van der Waals surface area contributed by atoms with Crippen molar-refractivity contribution in [2.24, 2.45) is 0 Å². The summed E-state index contributed by atoms with van der Waals surface area (Å²) in [7, 11) is -3.29. The third kappa shape index (κ3) is 5.69. The Kier molecular flexibility index (Phi) is 5.79. The van der Waals surface area contributed by atoms with Crippen LogP contribution in [0.5, 0.6) is 0 Å². The van der Waals surface area contributed by atoms with Crippen molar-refractivity contribution in [3.63, 3.8) is 0 Å². The largest absolute Gasteiger partial charge is 0.340 e. The summed E-state index contributed by atoms with van der Waals surface area (Å²) in [6, 6.07) is 8.55. The van der Waals surface area contributed by atoms with Crippen LogP contribution in [0.4, 0.5) is 17.2 Å². The van der Waals surface area contributed by atoms with Crippen molar-refractivity contribution < 1.29 is 8.42 Å². The van der Waals surface area contributed by atoms with Gasteiger partial charge in [-0.2, -0.15) is 0 Å². The summed E-state index contributed by atoms with van der Waals surface area (Å²) in [5.41, 5.74) is 1.30. The number of sulfonamides is 1. The maximum atomic E-state index is 11.9. The molecule has 0 bridgehead atoms. The molecule has 2 N–H and O–H groups in total. The highest BCUT2D eigenvalue weighted by molar-refractivity contribution is 7.92. The van der Waals surface area contributed by atoms with E-state index in [4.69, 9.17) is 11.6 Å². The molecule has 1 aromatic heterocycles. The number of unbranched alkanes of at least 4 members (excludes halogenated alkanes) is 1. The highest BCUT2D eigenvalue weighted by atomic mass is 35.5. The summed E-state index contributed by atoms with van der Waals surface area (Å²) in [6.45, 7) is 3.71. The molecule has 0 saturated heterocycles. The number of aromatic nitrogens is 2. The molecule has 2 aromatic rings. The van der Waals surface area contributed by atoms with Crippen molar-refractivity contribution in [3.8, 4) is 0 Å². The number of hydrogen-bond donors (Lipinski definition) is 2. The van der Waals surface area contributed by atoms with Crippen LogP contribution in [-0.2, 0) is 10.0 Å². The van der Waals surface area contributed by atoms with Crippen LogP contribution in [0.3, 0.4) is 0 Å². The minimum Gasteiger partial charge on any atom is -0.340 e. The van der Waals surface area contributed by atoms with E-state index in [1.807, 2.05) is 6.92 Å². The second-order valence-electron chi connectivity index (χ2n) is 5.10. The molecular weight excluding hydrogens is 336 g/mol. The third-order valence-corrected chi connectivity index (χ3v) is 4.57. The Hall–Kier alpha value is -1.86. The van der Waals surface area contributed by atoms with E-state index < -0.39 is 10.0 Å². The Bertz CT molecular complexity index is 743. The first-order chi connectivity index (χ1) is 10.9. The summed E-state index contributed by atoms with van der Waals surface area (Å²) in [5, 5.41) is 3.46. The molecular formula is C15H19ClN4O2S. The molecule has 0 aliphatic rings. The first kappa shape index (κ1) is 17.5. The Morgan fingerprint density at radius 3 is 2.39 bits per heavy atom. The molecule has 0 saturated carbocycles. The quantitative estimate of drug-likeness (QED) is 0.740. The van der Waals surface area contributed by atoms with Crippen LogP contribution in [0.15, 0.2) is 30.3 Å². The zero-order valence-corrected chi connectivity index (χ0v) is 14.6. The highest BCUT2D eigenvalue weighted by Crippen LogP contribution is 2.20. The number of nitrogens with one attached hydrogen (secondary N) is 2. The monoisotopic (exact) mass is 354 g/mol. The fraction of sp³-hybridized carbons (Fsp3) is 0.333. The van der Waals surface area contributed by atoms with Gasteiger partial charge in [-0.15, -0.1) is 0 Å². The fourth-order valence-electron chi connectivity index (χ4n) is 1.93. The van der Waals surface area contributed by atoms with Crippen molar-refractivity contribution in [2.45, 2.75) is 26.7 Å². The zero-order valence-electron chi connectivity index (χ0n) is 13.0. The van der Waals surface area contributed by atoms with E-state index in [1.54, 1.807) is 37.3 Å². The predicted octanol–water partition coefficient (Wildman–Crippen LogP) is 3.72. The van der Waals surface area contributed by atoms with Gasteiger partial charge in [-0.05, 0) is 37.6 Å². The molecule has 2 rings (SSSR count). The van der Waals surface area contributed by atoms with Crippen molar-refractivity contribution in [2.75, 3.05) is 15.8 Å². The maximum absolute atomic E-state index is 11.9. The molecule has 0 amide bonds. The summed E-state index contributed by atoms with van der Waals surface area (Å²) in [4.78, 5) is 8.22. The van der Waals surface area contributed by atoms with Gasteiger partial charge in [0.1, 0.15) is 16.8 Å². The first-order valence-electron chi connectivity index (χ1n) is 7.27. The smallest absolute Gasteiger partial charge is 0.232 e. The lowest BCUT2D eigenvalue weighted by atomic mass is 10.3. The Morgan fingerprint density at radius 2 is 1.78 bits per heavy atom. The number of aryl methyl sites for hydroxylation is 1. The zero-order chi connectivity index (χ0) is 16.9. The molecule has 0 aliphatic carbocycles. The van der Waals surface area contributed by atoms with Gasteiger partial charge in [-0.25, -0.2) is 18.4 Å². The van der Waals surface area contributed by atoms with Crippen molar-refractivity contribution in [1.82, 2.24) is 9.97 Å². The van der Waals surface area contributed by atoms with E-state index in [2.05, 4.69) is 20.0 Å². The second kappa shape index (κ2) is 7.61. The SMILES string of the molecule is CCCCS(=O)(=O)Nc1ccc(Nc2cc(Cl)nc(C)n2)cc1. The van der Waals surface area contributed by atoms with Gasteiger partial charge in [0, 0.05) is 17.4 Å². The summed E-state index contributed by atoms with van der Waals surface area (Å²) >= 11 is 5.89. The average molecular weight is 355 g/mol. The van der Waals surface area contributed by atoms with Gasteiger partial charge >= 0.3 is 0 Å². The van der Waals surface area contributed by atoms with Crippen LogP contribution in [-0.4, -0.2) is 24.1 Å². The molecule has 0 radical (unpaired) electrons. The molecule has 0 atom stereocenters. The number of nitrogens with zero attached hydrogens (tertiary/aromatic N) is 2. The molecule has 0 unspecified atom stereocenters. The number of halogens is 1. The van der Waals surface area contributed by atoms with E-state index in [0.717, 1.165) is 12.1 Å². The van der Waals surface area contributed by atoms with Gasteiger partial charge in [0.15, 0.2) is 0 Å². The van der Waals surface area contributed by atoms with Gasteiger partial charge in [-0.3, -0.25) is 4.72 Å². The molecule has 8 heteroatoms. The Morgan fingerprint density at radius 1 is 1.13 bits per heavy atom. The highest BCUT2D eigenvalue weighted by Gasteiger charge is 2.09. The first-order valence-corrected chi connectivity index (χ1v) is 9.30. The predicted molar refractivity (Wildman–Crippen MR) is 93.8 cm³/mol. The molecule has 124 valence electrons. The molecule has 0 spiro atoms. The molecule has 1 heterocycles. The standard InChI is InChI=1S/C15H19ClN4O2S/c1-3-4-9-23(21,22)20-13-7-5-12(6-8-13)19-15-10-14(16)17-11(2)18-15/h5-8,10,20H,3-4,9H2,1-2H3,(H,17,18,19). The van der Waals surface area contributed by atoms with E-state index in [-0.39, 0.29) is 5.75 Å². The number of benzene rings is 1. The molecule has 23 heavy (non-hydrogen) atoms. The summed E-state index contributed by atoms with van der Waals surface area (Å²) in [6.07, 6.45) is 1.48. The van der Waals surface area contributed by atoms with Gasteiger partial charge in [0.25, 0.3) is 0 Å². The second-order valence-corrected chi connectivity index (χ2v) is 7.33. The Labute approximate surface area is 141 Å². The third-order valence-electron chi connectivity index (χ3n) is 3.00. The molecule has 0 aliphatic heterocycles. The fourth-order valence-corrected chi connectivity index (χ4v) is 3.42. The van der Waals surface area contributed by atoms with Crippen LogP contribution in [0.2, 0.25) is 5.15 Å². The van der Waals surface area contributed by atoms with Gasteiger partial charge in [-0.1, -0.05) is 24.9 Å². The van der Waals surface area contributed by atoms with Crippen LogP contribution in [0.1, 0.15) is 25.6 Å². The lowest BCUT2D eigenvalue weighted by Gasteiger charge is -2.10. The van der Waals surface area contributed by atoms with Crippen molar-refractivity contribution >= 4 is 38.8 Å². The van der Waals surface area contributed by atoms with Crippen molar-refractivity contribution in [1.29, 1.82) is 0 Å². The number of rotatable bonds is 7. The summed E-state index contributed by atoms with van der Waals surface area (Å²) < 4.78 is 26.3. The van der Waals surface area contributed by atoms with Gasteiger partial charge in [0.05, 0.1) is 5.75 Å². The summed E-state index contributed by atoms with van der Waals surface area (Å²) in [5.74, 6) is 1.28. The number of hydrogen-bond acceptors (Lipinski definition) is 5.